The van der Waals surface area contributed by atoms with Crippen LogP contribution in [0.5, 0.6) is 0 Å². The number of rotatable bonds is 5. The summed E-state index contributed by atoms with van der Waals surface area (Å²) in [6.07, 6.45) is 1.54. The predicted octanol–water partition coefficient (Wildman–Crippen LogP) is 4.03. The van der Waals surface area contributed by atoms with Crippen LogP contribution in [0.25, 0.3) is 0 Å². The molecule has 1 amide bonds. The van der Waals surface area contributed by atoms with Crippen LogP contribution in [-0.2, 0) is 0 Å². The second kappa shape index (κ2) is 7.53. The van der Waals surface area contributed by atoms with Gasteiger partial charge >= 0.3 is 0 Å². The molecule has 0 unspecified atom stereocenters. The van der Waals surface area contributed by atoms with Gasteiger partial charge in [-0.05, 0) is 43.3 Å². The molecule has 25 heavy (non-hydrogen) atoms. The molecule has 126 valence electrons. The molecule has 0 bridgehead atoms. The zero-order valence-electron chi connectivity index (χ0n) is 13.7. The minimum Gasteiger partial charge on any atom is -0.321 e. The van der Waals surface area contributed by atoms with Gasteiger partial charge in [-0.15, -0.1) is 0 Å². The van der Waals surface area contributed by atoms with Crippen LogP contribution in [0.2, 0.25) is 0 Å². The van der Waals surface area contributed by atoms with Crippen molar-refractivity contribution in [3.8, 4) is 0 Å². The smallest absolute Gasteiger partial charge is 0.274 e. The molecule has 0 saturated heterocycles. The zero-order chi connectivity index (χ0) is 17.6. The second-order valence-corrected chi connectivity index (χ2v) is 5.29. The van der Waals surface area contributed by atoms with E-state index in [0.29, 0.717) is 18.2 Å². The van der Waals surface area contributed by atoms with E-state index in [0.717, 1.165) is 5.69 Å². The van der Waals surface area contributed by atoms with Crippen molar-refractivity contribution in [2.75, 3.05) is 16.8 Å². The van der Waals surface area contributed by atoms with Gasteiger partial charge in [-0.1, -0.05) is 24.3 Å². The fraction of sp³-hybridized carbons (Fsp3) is 0.105. The minimum absolute atomic E-state index is 0.212. The van der Waals surface area contributed by atoms with E-state index in [1.54, 1.807) is 6.07 Å². The molecule has 0 aliphatic carbocycles. The highest BCUT2D eigenvalue weighted by Crippen LogP contribution is 2.21. The van der Waals surface area contributed by atoms with Crippen LogP contribution in [0.3, 0.4) is 0 Å². The summed E-state index contributed by atoms with van der Waals surface area (Å²) in [5, 5.41) is 2.64. The third kappa shape index (κ3) is 3.98. The summed E-state index contributed by atoms with van der Waals surface area (Å²) in [5.41, 5.74) is 1.52. The highest BCUT2D eigenvalue weighted by molar-refractivity contribution is 6.03. The molecule has 5 nitrogen and oxygen atoms in total. The van der Waals surface area contributed by atoms with Crippen molar-refractivity contribution in [3.05, 3.63) is 78.4 Å². The lowest BCUT2D eigenvalue weighted by atomic mass is 10.3. The first-order valence-corrected chi connectivity index (χ1v) is 7.90. The summed E-state index contributed by atoms with van der Waals surface area (Å²) in [6, 6.07) is 16.9. The Morgan fingerprint density at radius 1 is 1.12 bits per heavy atom. The van der Waals surface area contributed by atoms with Crippen molar-refractivity contribution < 1.29 is 9.18 Å². The van der Waals surface area contributed by atoms with Crippen LogP contribution < -0.4 is 10.2 Å². The highest BCUT2D eigenvalue weighted by Gasteiger charge is 2.14. The van der Waals surface area contributed by atoms with Crippen LogP contribution in [0.15, 0.2) is 66.9 Å². The Kier molecular flexibility index (Phi) is 4.99. The number of para-hydroxylation sites is 1. The van der Waals surface area contributed by atoms with Crippen molar-refractivity contribution in [2.45, 2.75) is 6.92 Å². The summed E-state index contributed by atoms with van der Waals surface area (Å²) in [6.45, 7) is 2.63. The minimum atomic E-state index is -0.418. The number of amides is 1. The molecular weight excluding hydrogens is 319 g/mol. The van der Waals surface area contributed by atoms with Gasteiger partial charge in [0.1, 0.15) is 11.5 Å². The van der Waals surface area contributed by atoms with E-state index in [4.69, 9.17) is 0 Å². The number of aromatic nitrogens is 2. The van der Waals surface area contributed by atoms with E-state index in [1.165, 1.54) is 30.5 Å². The Bertz CT molecular complexity index is 870. The quantitative estimate of drug-likeness (QED) is 0.764. The number of carbonyl (C=O) groups excluding carboxylic acids is 1. The summed E-state index contributed by atoms with van der Waals surface area (Å²) < 4.78 is 13.2. The number of carbonyl (C=O) groups is 1. The Labute approximate surface area is 145 Å². The Hall–Kier alpha value is -3.28. The number of hydrogen-bond acceptors (Lipinski definition) is 4. The normalized spacial score (nSPS) is 10.3. The summed E-state index contributed by atoms with van der Waals surface area (Å²) in [5.74, 6) is -0.402. The molecule has 1 aromatic heterocycles. The van der Waals surface area contributed by atoms with Crippen molar-refractivity contribution in [1.29, 1.82) is 0 Å². The molecule has 0 atom stereocenters. The van der Waals surface area contributed by atoms with Gasteiger partial charge in [0.2, 0.25) is 5.95 Å². The fourth-order valence-electron chi connectivity index (χ4n) is 2.41. The second-order valence-electron chi connectivity index (χ2n) is 5.29. The van der Waals surface area contributed by atoms with Gasteiger partial charge in [0, 0.05) is 24.1 Å². The number of hydrogen-bond donors (Lipinski definition) is 1. The number of halogens is 1. The molecule has 1 N–H and O–H groups in total. The first-order chi connectivity index (χ1) is 12.2. The van der Waals surface area contributed by atoms with Gasteiger partial charge in [-0.25, -0.2) is 14.4 Å². The molecule has 0 saturated carbocycles. The van der Waals surface area contributed by atoms with Gasteiger partial charge in [0.05, 0.1) is 0 Å². The summed E-state index contributed by atoms with van der Waals surface area (Å²) in [4.78, 5) is 22.9. The third-order valence-electron chi connectivity index (χ3n) is 3.58. The Morgan fingerprint density at radius 2 is 1.92 bits per heavy atom. The zero-order valence-corrected chi connectivity index (χ0v) is 13.7. The molecule has 0 radical (unpaired) electrons. The Balaban J connectivity index is 1.84. The number of benzene rings is 2. The molecule has 3 rings (SSSR count). The summed E-state index contributed by atoms with van der Waals surface area (Å²) in [7, 11) is 0. The number of nitrogens with zero attached hydrogens (tertiary/aromatic N) is 3. The average molecular weight is 336 g/mol. The van der Waals surface area contributed by atoms with Crippen molar-refractivity contribution >= 4 is 23.2 Å². The molecule has 1 heterocycles. The van der Waals surface area contributed by atoms with Crippen LogP contribution in [-0.4, -0.2) is 22.4 Å². The number of nitrogens with one attached hydrogen (secondary N) is 1. The lowest BCUT2D eigenvalue weighted by Gasteiger charge is -2.21. The average Bonchev–Trinajstić information content (AvgIpc) is 2.63. The maximum absolute atomic E-state index is 13.2. The molecule has 6 heteroatoms. The van der Waals surface area contributed by atoms with E-state index in [9.17, 15) is 9.18 Å². The van der Waals surface area contributed by atoms with Crippen LogP contribution in [0, 0.1) is 5.82 Å². The maximum Gasteiger partial charge on any atom is 0.274 e. The highest BCUT2D eigenvalue weighted by atomic mass is 19.1. The topological polar surface area (TPSA) is 58.1 Å². The van der Waals surface area contributed by atoms with Gasteiger partial charge in [0.15, 0.2) is 0 Å². The van der Waals surface area contributed by atoms with Crippen molar-refractivity contribution in [3.63, 3.8) is 0 Å². The predicted molar refractivity (Wildman–Crippen MR) is 95.5 cm³/mol. The van der Waals surface area contributed by atoms with Gasteiger partial charge in [0.25, 0.3) is 5.91 Å². The standard InChI is InChI=1S/C19H17FN4O/c1-2-24(16-9-4-3-5-10-16)19-21-12-11-17(23-19)18(25)22-15-8-6-7-14(20)13-15/h3-13H,2H2,1H3,(H,22,25). The van der Waals surface area contributed by atoms with Crippen LogP contribution in [0.4, 0.5) is 21.7 Å². The fourth-order valence-corrected chi connectivity index (χ4v) is 2.41. The van der Waals surface area contributed by atoms with E-state index in [1.807, 2.05) is 42.2 Å². The van der Waals surface area contributed by atoms with Gasteiger partial charge < -0.3 is 10.2 Å². The van der Waals surface area contributed by atoms with E-state index < -0.39 is 11.7 Å². The van der Waals surface area contributed by atoms with Crippen LogP contribution >= 0.6 is 0 Å². The lowest BCUT2D eigenvalue weighted by molar-refractivity contribution is 0.102. The first kappa shape index (κ1) is 16.6. The first-order valence-electron chi connectivity index (χ1n) is 7.90. The molecule has 0 aliphatic heterocycles. The SMILES string of the molecule is CCN(c1ccccc1)c1nccc(C(=O)Nc2cccc(F)c2)n1. The molecule has 2 aromatic carbocycles. The molecule has 0 aliphatic rings. The lowest BCUT2D eigenvalue weighted by Crippen LogP contribution is -2.21. The largest absolute Gasteiger partial charge is 0.321 e. The monoisotopic (exact) mass is 336 g/mol. The molecule has 0 fully saturated rings. The molecule has 0 spiro atoms. The molecule has 3 aromatic rings. The van der Waals surface area contributed by atoms with Gasteiger partial charge in [-0.3, -0.25) is 4.79 Å². The molecular formula is C19H17FN4O. The van der Waals surface area contributed by atoms with Crippen LogP contribution in [0.1, 0.15) is 17.4 Å². The number of anilines is 3. The Morgan fingerprint density at radius 3 is 2.64 bits per heavy atom. The maximum atomic E-state index is 13.2. The van der Waals surface area contributed by atoms with E-state index >= 15 is 0 Å². The third-order valence-corrected chi connectivity index (χ3v) is 3.58. The van der Waals surface area contributed by atoms with E-state index in [-0.39, 0.29) is 5.69 Å². The van der Waals surface area contributed by atoms with Crippen molar-refractivity contribution in [1.82, 2.24) is 9.97 Å². The van der Waals surface area contributed by atoms with E-state index in [2.05, 4.69) is 15.3 Å². The van der Waals surface area contributed by atoms with Gasteiger partial charge in [-0.2, -0.15) is 0 Å². The summed E-state index contributed by atoms with van der Waals surface area (Å²) >= 11 is 0. The van der Waals surface area contributed by atoms with Crippen molar-refractivity contribution in [2.24, 2.45) is 0 Å².